The van der Waals surface area contributed by atoms with Crippen LogP contribution in [0.3, 0.4) is 0 Å². The van der Waals surface area contributed by atoms with Crippen molar-refractivity contribution in [3.63, 3.8) is 0 Å². The third-order valence-electron chi connectivity index (χ3n) is 4.72. The van der Waals surface area contributed by atoms with Crippen molar-refractivity contribution >= 4 is 18.7 Å². The molecule has 2 heterocycles. The van der Waals surface area contributed by atoms with E-state index in [-0.39, 0.29) is 29.9 Å². The summed E-state index contributed by atoms with van der Waals surface area (Å²) in [5.74, 6) is -0.0991. The van der Waals surface area contributed by atoms with Gasteiger partial charge in [-0.2, -0.15) is 0 Å². The monoisotopic (exact) mass is 315 g/mol. The molecular formula is C17H22BNO4. The van der Waals surface area contributed by atoms with Gasteiger partial charge in [-0.1, -0.05) is 12.1 Å². The molecule has 1 saturated heterocycles. The normalized spacial score (nSPS) is 23.7. The van der Waals surface area contributed by atoms with Crippen molar-refractivity contribution in [1.29, 1.82) is 0 Å². The number of carbonyl (C=O) groups is 2. The van der Waals surface area contributed by atoms with Gasteiger partial charge in [0.05, 0.1) is 0 Å². The molecule has 0 unspecified atom stereocenters. The Morgan fingerprint density at radius 2 is 2.04 bits per heavy atom. The molecule has 1 fully saturated rings. The van der Waals surface area contributed by atoms with E-state index >= 15 is 0 Å². The quantitative estimate of drug-likeness (QED) is 0.641. The summed E-state index contributed by atoms with van der Waals surface area (Å²) >= 11 is 0. The molecule has 6 heteroatoms. The van der Waals surface area contributed by atoms with Crippen LogP contribution in [0.5, 0.6) is 0 Å². The molecule has 1 aromatic rings. The first-order chi connectivity index (χ1) is 11.0. The summed E-state index contributed by atoms with van der Waals surface area (Å²) in [4.78, 5) is 23.6. The van der Waals surface area contributed by atoms with Crippen LogP contribution in [0.2, 0.25) is 5.82 Å². The van der Waals surface area contributed by atoms with E-state index in [1.54, 1.807) is 0 Å². The molecular weight excluding hydrogens is 293 g/mol. The van der Waals surface area contributed by atoms with Gasteiger partial charge in [0.1, 0.15) is 5.78 Å². The molecule has 122 valence electrons. The fourth-order valence-electron chi connectivity index (χ4n) is 3.42. The van der Waals surface area contributed by atoms with Gasteiger partial charge in [0, 0.05) is 43.4 Å². The lowest BCUT2D eigenvalue weighted by molar-refractivity contribution is -0.118. The van der Waals surface area contributed by atoms with Gasteiger partial charge in [-0.25, -0.2) is 0 Å². The van der Waals surface area contributed by atoms with Crippen LogP contribution >= 0.6 is 0 Å². The van der Waals surface area contributed by atoms with E-state index in [2.05, 4.69) is 5.32 Å². The minimum absolute atomic E-state index is 0.0392. The predicted molar refractivity (Wildman–Crippen MR) is 87.1 cm³/mol. The maximum Gasteiger partial charge on any atom is 0.458 e. The Bertz CT molecular complexity index is 619. The lowest BCUT2D eigenvalue weighted by Gasteiger charge is -2.30. The van der Waals surface area contributed by atoms with E-state index in [1.165, 1.54) is 18.1 Å². The topological polar surface area (TPSA) is 75.6 Å². The molecule has 0 aromatic heterocycles. The average Bonchev–Trinajstić information content (AvgIpc) is 2.96. The molecule has 0 radical (unpaired) electrons. The van der Waals surface area contributed by atoms with Crippen LogP contribution in [0.4, 0.5) is 0 Å². The summed E-state index contributed by atoms with van der Waals surface area (Å²) in [6.45, 7) is 3.18. The molecule has 3 rings (SSSR count). The number of benzene rings is 1. The van der Waals surface area contributed by atoms with E-state index in [4.69, 9.17) is 4.65 Å². The smallest absolute Gasteiger partial charge is 0.427 e. The molecule has 23 heavy (non-hydrogen) atoms. The third-order valence-corrected chi connectivity index (χ3v) is 4.72. The second-order valence-corrected chi connectivity index (χ2v) is 6.61. The van der Waals surface area contributed by atoms with E-state index in [0.29, 0.717) is 24.8 Å². The number of ketones is 2. The molecule has 2 N–H and O–H groups in total. The molecule has 0 aliphatic carbocycles. The molecule has 1 aromatic carbocycles. The standard InChI is InChI=1S/C17H22BNO4/c1-11(20)6-16-5-4-15(18(22)23-16)8-17(21)12-2-3-13-9-19-10-14(13)7-12/h2-3,7,15-16,19,22H,4-6,8-10H2,1H3/t15-,16+/m1/s1. The van der Waals surface area contributed by atoms with Crippen LogP contribution in [-0.2, 0) is 22.5 Å². The molecule has 2 aliphatic rings. The zero-order valence-corrected chi connectivity index (χ0v) is 13.4. The number of nitrogens with one attached hydrogen (secondary N) is 1. The Morgan fingerprint density at radius 1 is 1.26 bits per heavy atom. The second kappa shape index (κ2) is 6.95. The predicted octanol–water partition coefficient (Wildman–Crippen LogP) is 1.87. The largest absolute Gasteiger partial charge is 0.458 e. The van der Waals surface area contributed by atoms with Crippen molar-refractivity contribution < 1.29 is 19.3 Å². The SMILES string of the molecule is CC(=O)C[C@@H]1CC[C@H](CC(=O)c2ccc3c(c2)CNC3)B(O)O1. The van der Waals surface area contributed by atoms with Crippen LogP contribution < -0.4 is 5.32 Å². The van der Waals surface area contributed by atoms with Crippen molar-refractivity contribution in [2.24, 2.45) is 0 Å². The molecule has 2 aliphatic heterocycles. The zero-order valence-electron chi connectivity index (χ0n) is 13.4. The highest BCUT2D eigenvalue weighted by atomic mass is 16.5. The average molecular weight is 315 g/mol. The minimum atomic E-state index is -0.965. The summed E-state index contributed by atoms with van der Waals surface area (Å²) in [5.41, 5.74) is 3.12. The van der Waals surface area contributed by atoms with E-state index in [0.717, 1.165) is 13.1 Å². The van der Waals surface area contributed by atoms with Gasteiger partial charge in [0.15, 0.2) is 5.78 Å². The number of Topliss-reactive ketones (excluding diaryl/α,β-unsaturated/α-hetero) is 2. The van der Waals surface area contributed by atoms with Gasteiger partial charge < -0.3 is 15.0 Å². The maximum atomic E-state index is 12.5. The summed E-state index contributed by atoms with van der Waals surface area (Å²) in [7, 11) is -0.965. The Labute approximate surface area is 136 Å². The molecule has 5 nitrogen and oxygen atoms in total. The first kappa shape index (κ1) is 16.4. The molecule has 0 bridgehead atoms. The molecule has 0 saturated carbocycles. The van der Waals surface area contributed by atoms with Gasteiger partial charge in [0.2, 0.25) is 0 Å². The van der Waals surface area contributed by atoms with Crippen molar-refractivity contribution in [2.45, 2.75) is 57.6 Å². The zero-order chi connectivity index (χ0) is 16.4. The summed E-state index contributed by atoms with van der Waals surface area (Å²) in [5, 5.41) is 13.4. The highest BCUT2D eigenvalue weighted by Gasteiger charge is 2.36. The lowest BCUT2D eigenvalue weighted by atomic mass is 9.64. The van der Waals surface area contributed by atoms with Crippen LogP contribution in [0.15, 0.2) is 18.2 Å². The highest BCUT2D eigenvalue weighted by molar-refractivity contribution is 6.45. The summed E-state index contributed by atoms with van der Waals surface area (Å²) in [6, 6.07) is 5.81. The Balaban J connectivity index is 1.59. The van der Waals surface area contributed by atoms with Gasteiger partial charge in [0.25, 0.3) is 0 Å². The van der Waals surface area contributed by atoms with E-state index < -0.39 is 7.12 Å². The molecule has 2 atom stereocenters. The van der Waals surface area contributed by atoms with Crippen molar-refractivity contribution in [3.05, 3.63) is 34.9 Å². The number of hydrogen-bond acceptors (Lipinski definition) is 5. The van der Waals surface area contributed by atoms with E-state index in [1.807, 2.05) is 18.2 Å². The minimum Gasteiger partial charge on any atom is -0.427 e. The summed E-state index contributed by atoms with van der Waals surface area (Å²) < 4.78 is 5.49. The van der Waals surface area contributed by atoms with Crippen LogP contribution in [-0.4, -0.2) is 29.8 Å². The number of rotatable bonds is 5. The fourth-order valence-corrected chi connectivity index (χ4v) is 3.42. The Hall–Kier alpha value is -1.50. The fraction of sp³-hybridized carbons (Fsp3) is 0.529. The number of fused-ring (bicyclic) bond motifs is 1. The lowest BCUT2D eigenvalue weighted by Crippen LogP contribution is -2.37. The highest BCUT2D eigenvalue weighted by Crippen LogP contribution is 2.32. The third kappa shape index (κ3) is 3.89. The van der Waals surface area contributed by atoms with Crippen LogP contribution in [0, 0.1) is 0 Å². The van der Waals surface area contributed by atoms with Gasteiger partial charge in [-0.3, -0.25) is 9.59 Å². The first-order valence-corrected chi connectivity index (χ1v) is 8.21. The van der Waals surface area contributed by atoms with Crippen molar-refractivity contribution in [3.8, 4) is 0 Å². The van der Waals surface area contributed by atoms with Gasteiger partial charge in [-0.15, -0.1) is 0 Å². The summed E-state index contributed by atoms with van der Waals surface area (Å²) in [6.07, 6.45) is 1.80. The van der Waals surface area contributed by atoms with Gasteiger partial charge >= 0.3 is 7.12 Å². The van der Waals surface area contributed by atoms with Crippen LogP contribution in [0.1, 0.15) is 54.1 Å². The first-order valence-electron chi connectivity index (χ1n) is 8.21. The van der Waals surface area contributed by atoms with Gasteiger partial charge in [-0.05, 0) is 37.0 Å². The van der Waals surface area contributed by atoms with Crippen LogP contribution in [0.25, 0.3) is 0 Å². The van der Waals surface area contributed by atoms with Crippen molar-refractivity contribution in [2.75, 3.05) is 0 Å². The maximum absolute atomic E-state index is 12.5. The van der Waals surface area contributed by atoms with Crippen molar-refractivity contribution in [1.82, 2.24) is 5.32 Å². The Morgan fingerprint density at radius 3 is 2.78 bits per heavy atom. The molecule has 0 spiro atoms. The Kier molecular flexibility index (Phi) is 4.94. The number of carbonyl (C=O) groups excluding carboxylic acids is 2. The molecule has 0 amide bonds. The van der Waals surface area contributed by atoms with E-state index in [9.17, 15) is 14.6 Å². The number of hydrogen-bond donors (Lipinski definition) is 2. The second-order valence-electron chi connectivity index (χ2n) is 6.61.